The maximum atomic E-state index is 12.6. The first-order chi connectivity index (χ1) is 14.3. The number of H-pyrrole nitrogens is 1. The number of nitrogens with one attached hydrogen (secondary N) is 3. The van der Waals surface area contributed by atoms with Crippen molar-refractivity contribution >= 4 is 17.9 Å². The highest BCUT2D eigenvalue weighted by Crippen LogP contribution is 2.05. The highest BCUT2D eigenvalue weighted by molar-refractivity contribution is 5.86. The van der Waals surface area contributed by atoms with Gasteiger partial charge in [-0.2, -0.15) is 0 Å². The summed E-state index contributed by atoms with van der Waals surface area (Å²) in [6.45, 7) is 3.55. The van der Waals surface area contributed by atoms with Crippen LogP contribution in [-0.4, -0.2) is 28.9 Å². The maximum Gasteiger partial charge on any atom is 0.408 e. The van der Waals surface area contributed by atoms with E-state index in [1.807, 2.05) is 18.2 Å². The highest BCUT2D eigenvalue weighted by Gasteiger charge is 2.22. The number of amides is 3. The monoisotopic (exact) mass is 414 g/mol. The summed E-state index contributed by atoms with van der Waals surface area (Å²) >= 11 is 0. The molecule has 2 rings (SSSR count). The van der Waals surface area contributed by atoms with Crippen LogP contribution in [0.25, 0.3) is 0 Å². The van der Waals surface area contributed by atoms with Gasteiger partial charge in [-0.3, -0.25) is 14.4 Å². The lowest BCUT2D eigenvalue weighted by Crippen LogP contribution is -2.47. The van der Waals surface area contributed by atoms with E-state index >= 15 is 0 Å². The molecule has 0 aliphatic carbocycles. The summed E-state index contributed by atoms with van der Waals surface area (Å²) in [5.41, 5.74) is 7.53. The smallest absolute Gasteiger partial charge is 0.408 e. The molecule has 0 saturated heterocycles. The molecule has 1 aromatic carbocycles. The Bertz CT molecular complexity index is 956. The van der Waals surface area contributed by atoms with Crippen molar-refractivity contribution in [3.8, 4) is 0 Å². The number of rotatable bonds is 9. The molecule has 0 fully saturated rings. The van der Waals surface area contributed by atoms with E-state index in [4.69, 9.17) is 10.5 Å². The fourth-order valence-electron chi connectivity index (χ4n) is 2.86. The number of aromatic amines is 1. The van der Waals surface area contributed by atoms with Crippen molar-refractivity contribution in [2.75, 3.05) is 0 Å². The molecule has 0 saturated carbocycles. The van der Waals surface area contributed by atoms with Gasteiger partial charge in [-0.05, 0) is 37.5 Å². The topological polar surface area (TPSA) is 143 Å². The van der Waals surface area contributed by atoms with Gasteiger partial charge in [0.1, 0.15) is 12.6 Å². The molecule has 9 heteroatoms. The number of carbonyl (C=O) groups excluding carboxylic acids is 3. The number of aryl methyl sites for hydroxylation is 2. The van der Waals surface area contributed by atoms with Crippen LogP contribution >= 0.6 is 0 Å². The standard InChI is InChI=1S/C21H26N4O5/c1-13-10-14(2)24-19(27)16(13)11-23-20(28)17(8-9-18(22)26)25-21(29)30-12-15-6-4-3-5-7-15/h3-7,10,17H,8-9,11-12H2,1-2H3,(H2,22,26)(H,23,28)(H,24,27)(H,25,29)/t17-/m0/s1. The van der Waals surface area contributed by atoms with E-state index in [2.05, 4.69) is 15.6 Å². The number of benzene rings is 1. The van der Waals surface area contributed by atoms with Gasteiger partial charge in [0.05, 0.1) is 0 Å². The number of alkyl carbamates (subject to hydrolysis) is 1. The fraction of sp³-hybridized carbons (Fsp3) is 0.333. The molecule has 0 aliphatic heterocycles. The molecule has 3 amide bonds. The summed E-state index contributed by atoms with van der Waals surface area (Å²) in [6.07, 6.45) is -0.890. The van der Waals surface area contributed by atoms with Gasteiger partial charge in [0.15, 0.2) is 0 Å². The summed E-state index contributed by atoms with van der Waals surface area (Å²) in [5.74, 6) is -1.15. The van der Waals surface area contributed by atoms with Crippen molar-refractivity contribution in [2.45, 2.75) is 45.9 Å². The third kappa shape index (κ3) is 7.08. The number of nitrogens with two attached hydrogens (primary N) is 1. The molecule has 2 aromatic rings. The number of ether oxygens (including phenoxy) is 1. The minimum Gasteiger partial charge on any atom is -0.445 e. The SMILES string of the molecule is Cc1cc(C)c(CNC(=O)[C@H](CCC(N)=O)NC(=O)OCc2ccccc2)c(=O)[nH]1. The van der Waals surface area contributed by atoms with Crippen LogP contribution in [0, 0.1) is 13.8 Å². The van der Waals surface area contributed by atoms with E-state index in [9.17, 15) is 19.2 Å². The second-order valence-electron chi connectivity index (χ2n) is 6.92. The second kappa shape index (κ2) is 10.8. The van der Waals surface area contributed by atoms with Gasteiger partial charge in [0, 0.05) is 24.2 Å². The first-order valence-corrected chi connectivity index (χ1v) is 9.49. The van der Waals surface area contributed by atoms with Crippen molar-refractivity contribution in [3.63, 3.8) is 0 Å². The average molecular weight is 414 g/mol. The Kier molecular flexibility index (Phi) is 8.16. The fourth-order valence-corrected chi connectivity index (χ4v) is 2.86. The van der Waals surface area contributed by atoms with E-state index in [1.165, 1.54) is 0 Å². The molecule has 5 N–H and O–H groups in total. The van der Waals surface area contributed by atoms with Gasteiger partial charge >= 0.3 is 6.09 Å². The van der Waals surface area contributed by atoms with E-state index in [0.29, 0.717) is 5.56 Å². The Labute approximate surface area is 174 Å². The normalized spacial score (nSPS) is 11.4. The Morgan fingerprint density at radius 2 is 1.87 bits per heavy atom. The number of primary amides is 1. The van der Waals surface area contributed by atoms with Gasteiger partial charge in [-0.15, -0.1) is 0 Å². The lowest BCUT2D eigenvalue weighted by Gasteiger charge is -2.18. The lowest BCUT2D eigenvalue weighted by atomic mass is 10.1. The van der Waals surface area contributed by atoms with Crippen molar-refractivity contribution in [2.24, 2.45) is 5.73 Å². The predicted octanol–water partition coefficient (Wildman–Crippen LogP) is 1.17. The molecular weight excluding hydrogens is 388 g/mol. The zero-order chi connectivity index (χ0) is 22.1. The van der Waals surface area contributed by atoms with Crippen LogP contribution in [0.5, 0.6) is 0 Å². The molecule has 1 heterocycles. The van der Waals surface area contributed by atoms with Gasteiger partial charge < -0.3 is 26.1 Å². The third-order valence-electron chi connectivity index (χ3n) is 4.43. The quantitative estimate of drug-likeness (QED) is 0.487. The number of pyridine rings is 1. The van der Waals surface area contributed by atoms with Crippen LogP contribution in [0.2, 0.25) is 0 Å². The summed E-state index contributed by atoms with van der Waals surface area (Å²) in [6, 6.07) is 9.83. The van der Waals surface area contributed by atoms with Crippen molar-refractivity contribution in [1.29, 1.82) is 0 Å². The molecule has 0 bridgehead atoms. The molecular formula is C21H26N4O5. The summed E-state index contributed by atoms with van der Waals surface area (Å²) < 4.78 is 5.13. The van der Waals surface area contributed by atoms with E-state index in [1.54, 1.807) is 32.0 Å². The lowest BCUT2D eigenvalue weighted by molar-refractivity contribution is -0.123. The van der Waals surface area contributed by atoms with Crippen LogP contribution in [-0.2, 0) is 27.5 Å². The van der Waals surface area contributed by atoms with Crippen LogP contribution in [0.1, 0.15) is 35.2 Å². The molecule has 1 atom stereocenters. The highest BCUT2D eigenvalue weighted by atomic mass is 16.5. The number of hydrogen-bond donors (Lipinski definition) is 4. The molecule has 1 aromatic heterocycles. The van der Waals surface area contributed by atoms with Gasteiger partial charge in [-0.1, -0.05) is 30.3 Å². The van der Waals surface area contributed by atoms with Gasteiger partial charge in [-0.25, -0.2) is 4.79 Å². The summed E-state index contributed by atoms with van der Waals surface area (Å²) in [4.78, 5) is 50.6. The molecule has 30 heavy (non-hydrogen) atoms. The largest absolute Gasteiger partial charge is 0.445 e. The van der Waals surface area contributed by atoms with Crippen LogP contribution in [0.4, 0.5) is 4.79 Å². The predicted molar refractivity (Wildman–Crippen MR) is 110 cm³/mol. The number of carbonyl (C=O) groups is 3. The Hall–Kier alpha value is -3.62. The molecule has 0 aliphatic rings. The van der Waals surface area contributed by atoms with E-state index < -0.39 is 23.9 Å². The molecule has 160 valence electrons. The Morgan fingerprint density at radius 3 is 2.50 bits per heavy atom. The first-order valence-electron chi connectivity index (χ1n) is 9.49. The van der Waals surface area contributed by atoms with E-state index in [-0.39, 0.29) is 31.6 Å². The Morgan fingerprint density at radius 1 is 1.17 bits per heavy atom. The molecule has 0 spiro atoms. The van der Waals surface area contributed by atoms with Crippen LogP contribution in [0.15, 0.2) is 41.2 Å². The maximum absolute atomic E-state index is 12.6. The van der Waals surface area contributed by atoms with Gasteiger partial charge in [0.2, 0.25) is 11.8 Å². The second-order valence-corrected chi connectivity index (χ2v) is 6.92. The minimum absolute atomic E-state index is 0.00480. The average Bonchev–Trinajstić information content (AvgIpc) is 2.69. The Balaban J connectivity index is 1.98. The van der Waals surface area contributed by atoms with Crippen molar-refractivity contribution < 1.29 is 19.1 Å². The van der Waals surface area contributed by atoms with Crippen LogP contribution < -0.4 is 21.9 Å². The number of hydrogen-bond acceptors (Lipinski definition) is 5. The molecule has 0 unspecified atom stereocenters. The van der Waals surface area contributed by atoms with Gasteiger partial charge in [0.25, 0.3) is 5.56 Å². The molecule has 0 radical (unpaired) electrons. The van der Waals surface area contributed by atoms with E-state index in [0.717, 1.165) is 16.8 Å². The summed E-state index contributed by atoms with van der Waals surface area (Å²) in [7, 11) is 0. The zero-order valence-corrected chi connectivity index (χ0v) is 17.0. The molecule has 9 nitrogen and oxygen atoms in total. The van der Waals surface area contributed by atoms with Crippen molar-refractivity contribution in [1.82, 2.24) is 15.6 Å². The minimum atomic E-state index is -1.04. The number of aromatic nitrogens is 1. The first kappa shape index (κ1) is 22.7. The third-order valence-corrected chi connectivity index (χ3v) is 4.43. The zero-order valence-electron chi connectivity index (χ0n) is 17.0. The van der Waals surface area contributed by atoms with Crippen LogP contribution in [0.3, 0.4) is 0 Å². The van der Waals surface area contributed by atoms with Crippen molar-refractivity contribution in [3.05, 3.63) is 69.1 Å². The summed E-state index contributed by atoms with van der Waals surface area (Å²) in [5, 5.41) is 5.07.